The van der Waals surface area contributed by atoms with Gasteiger partial charge in [0.1, 0.15) is 17.5 Å². The molecule has 1 atom stereocenters. The van der Waals surface area contributed by atoms with Gasteiger partial charge in [-0.25, -0.2) is 0 Å². The highest BCUT2D eigenvalue weighted by Gasteiger charge is 2.33. The second-order valence-electron chi connectivity index (χ2n) is 6.24. The molecule has 1 aromatic carbocycles. The average molecular weight is 349 g/mol. The zero-order valence-electron chi connectivity index (χ0n) is 14.7. The topological polar surface area (TPSA) is 73.1 Å². The standard InChI is InChI=1S/C19H19N5O2/c1-13-19(25)23(11-14-6-8-15(26-2)9-7-14)12-17-21-22-18(24(13)17)16-5-3-4-10-20-16/h3-10,13H,11-12H2,1-2H3/t13-/m0/s1. The van der Waals surface area contributed by atoms with Crippen molar-refractivity contribution >= 4 is 5.91 Å². The Kier molecular flexibility index (Phi) is 4.12. The van der Waals surface area contributed by atoms with Crippen LogP contribution in [0.1, 0.15) is 24.4 Å². The molecule has 0 saturated carbocycles. The van der Waals surface area contributed by atoms with E-state index in [2.05, 4.69) is 15.2 Å². The Labute approximate surface area is 151 Å². The van der Waals surface area contributed by atoms with Crippen molar-refractivity contribution < 1.29 is 9.53 Å². The summed E-state index contributed by atoms with van der Waals surface area (Å²) >= 11 is 0. The van der Waals surface area contributed by atoms with Crippen LogP contribution in [0.25, 0.3) is 11.5 Å². The van der Waals surface area contributed by atoms with E-state index in [0.29, 0.717) is 18.9 Å². The molecule has 0 radical (unpaired) electrons. The van der Waals surface area contributed by atoms with Crippen LogP contribution >= 0.6 is 0 Å². The maximum absolute atomic E-state index is 12.9. The molecule has 132 valence electrons. The summed E-state index contributed by atoms with van der Waals surface area (Å²) in [7, 11) is 1.64. The number of fused-ring (bicyclic) bond motifs is 1. The molecule has 1 aliphatic heterocycles. The summed E-state index contributed by atoms with van der Waals surface area (Å²) in [5.74, 6) is 2.24. The number of pyridine rings is 1. The lowest BCUT2D eigenvalue weighted by atomic mass is 10.1. The number of nitrogens with zero attached hydrogens (tertiary/aromatic N) is 5. The normalized spacial score (nSPS) is 16.5. The fourth-order valence-corrected chi connectivity index (χ4v) is 3.22. The summed E-state index contributed by atoms with van der Waals surface area (Å²) in [4.78, 5) is 19.0. The number of amides is 1. The first kappa shape index (κ1) is 16.3. The van der Waals surface area contributed by atoms with Crippen LogP contribution in [0.15, 0.2) is 48.7 Å². The Hall–Kier alpha value is -3.22. The lowest BCUT2D eigenvalue weighted by molar-refractivity contribution is -0.137. The molecule has 7 nitrogen and oxygen atoms in total. The lowest BCUT2D eigenvalue weighted by Crippen LogP contribution is -2.41. The van der Waals surface area contributed by atoms with Crippen LogP contribution < -0.4 is 4.74 Å². The molecule has 3 aromatic rings. The van der Waals surface area contributed by atoms with Crippen molar-refractivity contribution in [1.82, 2.24) is 24.6 Å². The van der Waals surface area contributed by atoms with Crippen molar-refractivity contribution in [2.24, 2.45) is 0 Å². The molecule has 0 aliphatic carbocycles. The minimum absolute atomic E-state index is 0.0466. The number of hydrogen-bond acceptors (Lipinski definition) is 5. The first-order valence-electron chi connectivity index (χ1n) is 8.44. The van der Waals surface area contributed by atoms with E-state index in [4.69, 9.17) is 4.74 Å². The van der Waals surface area contributed by atoms with E-state index in [1.165, 1.54) is 0 Å². The summed E-state index contributed by atoms with van der Waals surface area (Å²) in [6, 6.07) is 13.0. The highest BCUT2D eigenvalue weighted by Crippen LogP contribution is 2.28. The van der Waals surface area contributed by atoms with Gasteiger partial charge in [-0.2, -0.15) is 0 Å². The number of carbonyl (C=O) groups is 1. The molecular weight excluding hydrogens is 330 g/mol. The number of ether oxygens (including phenoxy) is 1. The molecule has 1 amide bonds. The lowest BCUT2D eigenvalue weighted by Gasteiger charge is -2.32. The van der Waals surface area contributed by atoms with Gasteiger partial charge in [0.15, 0.2) is 11.6 Å². The van der Waals surface area contributed by atoms with Crippen molar-refractivity contribution in [3.05, 3.63) is 60.0 Å². The van der Waals surface area contributed by atoms with Gasteiger partial charge in [-0.15, -0.1) is 10.2 Å². The summed E-state index contributed by atoms with van der Waals surface area (Å²) in [5, 5.41) is 8.57. The second-order valence-corrected chi connectivity index (χ2v) is 6.24. The molecular formula is C19H19N5O2. The van der Waals surface area contributed by atoms with E-state index < -0.39 is 0 Å². The predicted molar refractivity (Wildman–Crippen MR) is 95.2 cm³/mol. The summed E-state index contributed by atoms with van der Waals surface area (Å²) in [6.45, 7) is 2.83. The molecule has 0 N–H and O–H groups in total. The number of rotatable bonds is 4. The van der Waals surface area contributed by atoms with Crippen molar-refractivity contribution in [1.29, 1.82) is 0 Å². The van der Waals surface area contributed by atoms with E-state index in [0.717, 1.165) is 22.8 Å². The fourth-order valence-electron chi connectivity index (χ4n) is 3.22. The Morgan fingerprint density at radius 2 is 1.96 bits per heavy atom. The van der Waals surface area contributed by atoms with Gasteiger partial charge in [0.2, 0.25) is 5.91 Å². The van der Waals surface area contributed by atoms with Crippen LogP contribution in [0.4, 0.5) is 0 Å². The summed E-state index contributed by atoms with van der Waals surface area (Å²) in [5.41, 5.74) is 1.76. The largest absolute Gasteiger partial charge is 0.497 e. The number of benzene rings is 1. The Bertz CT molecular complexity index is 921. The van der Waals surface area contributed by atoms with Crippen molar-refractivity contribution in [2.45, 2.75) is 26.1 Å². The monoisotopic (exact) mass is 349 g/mol. The van der Waals surface area contributed by atoms with E-state index >= 15 is 0 Å². The zero-order valence-corrected chi connectivity index (χ0v) is 14.7. The average Bonchev–Trinajstić information content (AvgIpc) is 3.11. The van der Waals surface area contributed by atoms with Crippen molar-refractivity contribution in [3.8, 4) is 17.3 Å². The maximum Gasteiger partial charge on any atom is 0.246 e. The SMILES string of the molecule is COc1ccc(CN2Cc3nnc(-c4ccccn4)n3[C@@H](C)C2=O)cc1. The van der Waals surface area contributed by atoms with Gasteiger partial charge >= 0.3 is 0 Å². The second kappa shape index (κ2) is 6.59. The molecule has 2 aromatic heterocycles. The molecule has 0 spiro atoms. The molecule has 3 heterocycles. The highest BCUT2D eigenvalue weighted by atomic mass is 16.5. The molecule has 7 heteroatoms. The first-order valence-corrected chi connectivity index (χ1v) is 8.44. The number of carbonyl (C=O) groups excluding carboxylic acids is 1. The molecule has 0 saturated heterocycles. The number of hydrogen-bond donors (Lipinski definition) is 0. The minimum atomic E-state index is -0.371. The van der Waals surface area contributed by atoms with Gasteiger partial charge in [-0.1, -0.05) is 18.2 Å². The molecule has 1 aliphatic rings. The van der Waals surface area contributed by atoms with Gasteiger partial charge < -0.3 is 9.64 Å². The van der Waals surface area contributed by atoms with E-state index in [1.807, 2.05) is 54.0 Å². The Morgan fingerprint density at radius 1 is 1.15 bits per heavy atom. The van der Waals surface area contributed by atoms with Crippen LogP contribution in [-0.4, -0.2) is 37.7 Å². The minimum Gasteiger partial charge on any atom is -0.497 e. The molecule has 0 unspecified atom stereocenters. The van der Waals surface area contributed by atoms with Crippen molar-refractivity contribution in [2.75, 3.05) is 7.11 Å². The van der Waals surface area contributed by atoms with Crippen LogP contribution in [0.2, 0.25) is 0 Å². The molecule has 0 fully saturated rings. The Morgan fingerprint density at radius 3 is 2.65 bits per heavy atom. The van der Waals surface area contributed by atoms with Gasteiger partial charge in [0.25, 0.3) is 0 Å². The van der Waals surface area contributed by atoms with E-state index in [-0.39, 0.29) is 11.9 Å². The number of aromatic nitrogens is 4. The van der Waals surface area contributed by atoms with Crippen LogP contribution in [-0.2, 0) is 17.9 Å². The molecule has 4 rings (SSSR count). The third kappa shape index (κ3) is 2.81. The molecule has 0 bridgehead atoms. The highest BCUT2D eigenvalue weighted by molar-refractivity contribution is 5.81. The zero-order chi connectivity index (χ0) is 18.1. The summed E-state index contributed by atoms with van der Waals surface area (Å²) < 4.78 is 7.06. The van der Waals surface area contributed by atoms with Gasteiger partial charge in [0.05, 0.1) is 13.7 Å². The fraction of sp³-hybridized carbons (Fsp3) is 0.263. The predicted octanol–water partition coefficient (Wildman–Crippen LogP) is 2.45. The molecule has 26 heavy (non-hydrogen) atoms. The maximum atomic E-state index is 12.9. The van der Waals surface area contributed by atoms with Crippen LogP contribution in [0, 0.1) is 0 Å². The van der Waals surface area contributed by atoms with Gasteiger partial charge in [-0.05, 0) is 36.8 Å². The smallest absolute Gasteiger partial charge is 0.246 e. The van der Waals surface area contributed by atoms with Gasteiger partial charge in [0, 0.05) is 12.7 Å². The summed E-state index contributed by atoms with van der Waals surface area (Å²) in [6.07, 6.45) is 1.71. The third-order valence-corrected chi connectivity index (χ3v) is 4.58. The Balaban J connectivity index is 1.61. The van der Waals surface area contributed by atoms with E-state index in [9.17, 15) is 4.79 Å². The van der Waals surface area contributed by atoms with E-state index in [1.54, 1.807) is 18.2 Å². The first-order chi connectivity index (χ1) is 12.7. The quantitative estimate of drug-likeness (QED) is 0.723. The van der Waals surface area contributed by atoms with Crippen LogP contribution in [0.5, 0.6) is 5.75 Å². The van der Waals surface area contributed by atoms with Crippen LogP contribution in [0.3, 0.4) is 0 Å². The van der Waals surface area contributed by atoms with Gasteiger partial charge in [-0.3, -0.25) is 14.3 Å². The number of methoxy groups -OCH3 is 1. The van der Waals surface area contributed by atoms with Crippen molar-refractivity contribution in [3.63, 3.8) is 0 Å². The third-order valence-electron chi connectivity index (χ3n) is 4.58.